The number of nitrogens with zero attached hydrogens (tertiary/aromatic N) is 2. The predicted molar refractivity (Wildman–Crippen MR) is 106 cm³/mol. The van der Waals surface area contributed by atoms with E-state index in [2.05, 4.69) is 12.1 Å². The van der Waals surface area contributed by atoms with Crippen LogP contribution in [-0.2, 0) is 16.1 Å². The molecule has 2 aromatic rings. The Morgan fingerprint density at radius 2 is 1.41 bits per heavy atom. The van der Waals surface area contributed by atoms with Crippen LogP contribution < -0.4 is 4.90 Å². The molecule has 27 heavy (non-hydrogen) atoms. The molecule has 1 heterocycles. The summed E-state index contributed by atoms with van der Waals surface area (Å²) in [4.78, 5) is 29.5. The minimum atomic E-state index is -0.0165. The van der Waals surface area contributed by atoms with Crippen molar-refractivity contribution in [2.75, 3.05) is 18.0 Å². The molecule has 1 saturated carbocycles. The third kappa shape index (κ3) is 4.21. The number of rotatable bonds is 5. The molecule has 0 N–H and O–H groups in total. The van der Waals surface area contributed by atoms with Crippen molar-refractivity contribution in [1.82, 2.24) is 4.90 Å². The summed E-state index contributed by atoms with van der Waals surface area (Å²) in [6.07, 6.45) is 3.60. The van der Waals surface area contributed by atoms with Gasteiger partial charge in [0.1, 0.15) is 0 Å². The zero-order chi connectivity index (χ0) is 18.6. The molecule has 0 spiro atoms. The highest BCUT2D eigenvalue weighted by Crippen LogP contribution is 2.33. The molecular formula is C23H26N2O2. The fourth-order valence-corrected chi connectivity index (χ4v) is 3.83. The maximum absolute atomic E-state index is 13.3. The Hall–Kier alpha value is -2.62. The van der Waals surface area contributed by atoms with E-state index in [0.29, 0.717) is 25.5 Å². The molecule has 140 valence electrons. The van der Waals surface area contributed by atoms with E-state index in [1.54, 1.807) is 0 Å². The van der Waals surface area contributed by atoms with Crippen molar-refractivity contribution in [3.8, 4) is 0 Å². The summed E-state index contributed by atoms with van der Waals surface area (Å²) in [7, 11) is 0. The molecule has 0 unspecified atom stereocenters. The molecule has 4 nitrogen and oxygen atoms in total. The van der Waals surface area contributed by atoms with Crippen LogP contribution in [0.2, 0.25) is 0 Å². The van der Waals surface area contributed by atoms with Crippen LogP contribution in [0.15, 0.2) is 60.7 Å². The fourth-order valence-electron chi connectivity index (χ4n) is 3.83. The van der Waals surface area contributed by atoms with Crippen molar-refractivity contribution >= 4 is 17.5 Å². The first-order valence-electron chi connectivity index (χ1n) is 9.91. The van der Waals surface area contributed by atoms with Gasteiger partial charge in [-0.15, -0.1) is 0 Å². The summed E-state index contributed by atoms with van der Waals surface area (Å²) in [6, 6.07) is 20.0. The average Bonchev–Trinajstić information content (AvgIpc) is 3.58. The second-order valence-electron chi connectivity index (χ2n) is 7.62. The Kier molecular flexibility index (Phi) is 5.23. The quantitative estimate of drug-likeness (QED) is 0.810. The minimum absolute atomic E-state index is 0.0165. The summed E-state index contributed by atoms with van der Waals surface area (Å²) in [5, 5.41) is 0. The summed E-state index contributed by atoms with van der Waals surface area (Å²) in [6.45, 7) is 1.99. The van der Waals surface area contributed by atoms with Crippen molar-refractivity contribution in [3.05, 3.63) is 66.2 Å². The van der Waals surface area contributed by atoms with Crippen LogP contribution in [0.4, 0.5) is 5.69 Å². The summed E-state index contributed by atoms with van der Waals surface area (Å²) in [5.41, 5.74) is 2.05. The van der Waals surface area contributed by atoms with E-state index >= 15 is 0 Å². The van der Waals surface area contributed by atoms with Gasteiger partial charge in [-0.1, -0.05) is 48.5 Å². The highest BCUT2D eigenvalue weighted by molar-refractivity contribution is 5.95. The molecule has 4 heteroatoms. The second kappa shape index (κ2) is 7.95. The molecule has 2 fully saturated rings. The predicted octanol–water partition coefficient (Wildman–Crippen LogP) is 3.87. The number of para-hydroxylation sites is 1. The number of anilines is 1. The summed E-state index contributed by atoms with van der Waals surface area (Å²) < 4.78 is 0. The summed E-state index contributed by atoms with van der Waals surface area (Å²) in [5.74, 6) is 0.710. The van der Waals surface area contributed by atoms with Gasteiger partial charge in [-0.05, 0) is 43.4 Å². The SMILES string of the molecule is O=C(C1CC1)N1CCC(C(=O)N(Cc2ccccc2)c2ccccc2)CC1. The van der Waals surface area contributed by atoms with Crippen LogP contribution in [0, 0.1) is 11.8 Å². The van der Waals surface area contributed by atoms with Gasteiger partial charge in [0.25, 0.3) is 0 Å². The van der Waals surface area contributed by atoms with Crippen LogP contribution in [-0.4, -0.2) is 29.8 Å². The van der Waals surface area contributed by atoms with Gasteiger partial charge in [-0.3, -0.25) is 9.59 Å². The van der Waals surface area contributed by atoms with Gasteiger partial charge in [0.05, 0.1) is 6.54 Å². The van der Waals surface area contributed by atoms with Gasteiger partial charge in [-0.25, -0.2) is 0 Å². The number of hydrogen-bond acceptors (Lipinski definition) is 2. The third-order valence-electron chi connectivity index (χ3n) is 5.60. The first kappa shape index (κ1) is 17.8. The lowest BCUT2D eigenvalue weighted by Crippen LogP contribution is -2.44. The molecule has 0 bridgehead atoms. The van der Waals surface area contributed by atoms with Gasteiger partial charge < -0.3 is 9.80 Å². The lowest BCUT2D eigenvalue weighted by molar-refractivity contribution is -0.136. The fraction of sp³-hybridized carbons (Fsp3) is 0.391. The van der Waals surface area contributed by atoms with Gasteiger partial charge >= 0.3 is 0 Å². The van der Waals surface area contributed by atoms with Crippen LogP contribution in [0.5, 0.6) is 0 Å². The van der Waals surface area contributed by atoms with E-state index in [-0.39, 0.29) is 17.7 Å². The van der Waals surface area contributed by atoms with Crippen molar-refractivity contribution in [3.63, 3.8) is 0 Å². The Labute approximate surface area is 160 Å². The van der Waals surface area contributed by atoms with E-state index in [1.807, 2.05) is 58.3 Å². The molecule has 1 saturated heterocycles. The first-order valence-corrected chi connectivity index (χ1v) is 9.91. The highest BCUT2D eigenvalue weighted by Gasteiger charge is 2.36. The normalized spacial score (nSPS) is 17.6. The van der Waals surface area contributed by atoms with E-state index in [4.69, 9.17) is 0 Å². The standard InChI is InChI=1S/C23H26N2O2/c26-22(19-11-12-19)24-15-13-20(14-16-24)23(27)25(21-9-5-2-6-10-21)17-18-7-3-1-4-8-18/h1-10,19-20H,11-17H2. The van der Waals surface area contributed by atoms with E-state index in [0.717, 1.165) is 36.9 Å². The first-order chi connectivity index (χ1) is 13.2. The molecule has 0 aromatic heterocycles. The van der Waals surface area contributed by atoms with Crippen LogP contribution in [0.25, 0.3) is 0 Å². The number of amides is 2. The Balaban J connectivity index is 1.46. The van der Waals surface area contributed by atoms with Gasteiger partial charge in [-0.2, -0.15) is 0 Å². The number of hydrogen-bond donors (Lipinski definition) is 0. The smallest absolute Gasteiger partial charge is 0.230 e. The number of benzene rings is 2. The number of piperidine rings is 1. The van der Waals surface area contributed by atoms with E-state index in [1.165, 1.54) is 0 Å². The molecule has 0 atom stereocenters. The molecule has 4 rings (SSSR count). The number of carbonyl (C=O) groups excluding carboxylic acids is 2. The van der Waals surface area contributed by atoms with Crippen LogP contribution in [0.3, 0.4) is 0 Å². The second-order valence-corrected chi connectivity index (χ2v) is 7.62. The zero-order valence-electron chi connectivity index (χ0n) is 15.6. The molecule has 2 aromatic carbocycles. The minimum Gasteiger partial charge on any atom is -0.342 e. The molecule has 2 amide bonds. The van der Waals surface area contributed by atoms with Gasteiger partial charge in [0, 0.05) is 30.6 Å². The molecule has 2 aliphatic rings. The molecule has 1 aliphatic carbocycles. The lowest BCUT2D eigenvalue weighted by Gasteiger charge is -2.34. The number of carbonyl (C=O) groups is 2. The topological polar surface area (TPSA) is 40.6 Å². The maximum Gasteiger partial charge on any atom is 0.230 e. The van der Waals surface area contributed by atoms with Crippen molar-refractivity contribution in [2.45, 2.75) is 32.2 Å². The van der Waals surface area contributed by atoms with Crippen LogP contribution in [0.1, 0.15) is 31.2 Å². The third-order valence-corrected chi connectivity index (χ3v) is 5.60. The maximum atomic E-state index is 13.3. The van der Waals surface area contributed by atoms with Crippen molar-refractivity contribution < 1.29 is 9.59 Å². The van der Waals surface area contributed by atoms with E-state index in [9.17, 15) is 9.59 Å². The van der Waals surface area contributed by atoms with Gasteiger partial charge in [0.2, 0.25) is 11.8 Å². The van der Waals surface area contributed by atoms with Crippen LogP contribution >= 0.6 is 0 Å². The van der Waals surface area contributed by atoms with Crippen molar-refractivity contribution in [2.24, 2.45) is 11.8 Å². The highest BCUT2D eigenvalue weighted by atomic mass is 16.2. The van der Waals surface area contributed by atoms with Gasteiger partial charge in [0.15, 0.2) is 0 Å². The average molecular weight is 362 g/mol. The van der Waals surface area contributed by atoms with E-state index < -0.39 is 0 Å². The lowest BCUT2D eigenvalue weighted by atomic mass is 9.94. The monoisotopic (exact) mass is 362 g/mol. The number of likely N-dealkylation sites (tertiary alicyclic amines) is 1. The Morgan fingerprint density at radius 3 is 2.00 bits per heavy atom. The molecular weight excluding hydrogens is 336 g/mol. The Morgan fingerprint density at radius 1 is 0.815 bits per heavy atom. The largest absolute Gasteiger partial charge is 0.342 e. The Bertz CT molecular complexity index is 779. The molecule has 0 radical (unpaired) electrons. The molecule has 1 aliphatic heterocycles. The summed E-state index contributed by atoms with van der Waals surface area (Å²) >= 11 is 0. The van der Waals surface area contributed by atoms with Crippen molar-refractivity contribution in [1.29, 1.82) is 0 Å². The zero-order valence-corrected chi connectivity index (χ0v) is 15.6.